The van der Waals surface area contributed by atoms with Crippen LogP contribution in [0.2, 0.25) is 0 Å². The quantitative estimate of drug-likeness (QED) is 0.602. The first kappa shape index (κ1) is 19.0. The van der Waals surface area contributed by atoms with Crippen LogP contribution in [0.1, 0.15) is 38.5 Å². The highest BCUT2D eigenvalue weighted by atomic mass is 32.2. The van der Waals surface area contributed by atoms with Crippen LogP contribution in [0.25, 0.3) is 0 Å². The van der Waals surface area contributed by atoms with Gasteiger partial charge in [0.2, 0.25) is 10.0 Å². The molecule has 0 amide bonds. The summed E-state index contributed by atoms with van der Waals surface area (Å²) in [5, 5.41) is 5.00. The zero-order valence-electron chi connectivity index (χ0n) is 13.0. The summed E-state index contributed by atoms with van der Waals surface area (Å²) in [6.07, 6.45) is 1.93. The SMILES string of the molecule is CCCNCc1cc(S(=O)(=O)NC(C)CCSCC)cs1. The molecule has 0 aliphatic heterocycles. The number of thiophene rings is 1. The second-order valence-electron chi connectivity index (χ2n) is 4.93. The number of hydrogen-bond acceptors (Lipinski definition) is 5. The van der Waals surface area contributed by atoms with Crippen LogP contribution in [0, 0.1) is 0 Å². The van der Waals surface area contributed by atoms with E-state index in [1.54, 1.807) is 11.4 Å². The summed E-state index contributed by atoms with van der Waals surface area (Å²) in [6, 6.07) is 1.74. The maximum atomic E-state index is 12.3. The van der Waals surface area contributed by atoms with Crippen LogP contribution in [0.3, 0.4) is 0 Å². The lowest BCUT2D eigenvalue weighted by Gasteiger charge is -2.12. The minimum Gasteiger partial charge on any atom is -0.312 e. The van der Waals surface area contributed by atoms with E-state index in [9.17, 15) is 8.42 Å². The number of sulfonamides is 1. The second kappa shape index (κ2) is 9.84. The molecular weight excluding hydrogens is 324 g/mol. The average molecular weight is 351 g/mol. The van der Waals surface area contributed by atoms with Gasteiger partial charge in [-0.3, -0.25) is 0 Å². The van der Waals surface area contributed by atoms with Crippen molar-refractivity contribution in [3.8, 4) is 0 Å². The van der Waals surface area contributed by atoms with Crippen molar-refractivity contribution in [2.24, 2.45) is 0 Å². The molecule has 1 unspecified atom stereocenters. The van der Waals surface area contributed by atoms with E-state index in [1.165, 1.54) is 11.3 Å². The third-order valence-electron chi connectivity index (χ3n) is 2.92. The molecule has 1 rings (SSSR count). The van der Waals surface area contributed by atoms with Crippen LogP contribution in [-0.2, 0) is 16.6 Å². The Morgan fingerprint density at radius 3 is 2.81 bits per heavy atom. The topological polar surface area (TPSA) is 58.2 Å². The van der Waals surface area contributed by atoms with E-state index >= 15 is 0 Å². The lowest BCUT2D eigenvalue weighted by atomic mass is 10.3. The molecule has 0 radical (unpaired) electrons. The normalized spacial score (nSPS) is 13.5. The fourth-order valence-corrected chi connectivity index (χ4v) is 5.11. The Morgan fingerprint density at radius 1 is 1.38 bits per heavy atom. The fraction of sp³-hybridized carbons (Fsp3) is 0.714. The highest BCUT2D eigenvalue weighted by molar-refractivity contribution is 7.99. The minimum atomic E-state index is -3.38. The first-order chi connectivity index (χ1) is 9.99. The summed E-state index contributed by atoms with van der Waals surface area (Å²) in [5.74, 6) is 2.05. The first-order valence-corrected chi connectivity index (χ1v) is 10.9. The Kier molecular flexibility index (Phi) is 8.89. The van der Waals surface area contributed by atoms with Gasteiger partial charge in [0.1, 0.15) is 0 Å². The lowest BCUT2D eigenvalue weighted by Crippen LogP contribution is -2.32. The summed E-state index contributed by atoms with van der Waals surface area (Å²) in [6.45, 7) is 7.82. The van der Waals surface area contributed by atoms with Crippen molar-refractivity contribution in [3.63, 3.8) is 0 Å². The van der Waals surface area contributed by atoms with Gasteiger partial charge in [0.15, 0.2) is 0 Å². The van der Waals surface area contributed by atoms with Gasteiger partial charge in [0.25, 0.3) is 0 Å². The molecule has 21 heavy (non-hydrogen) atoms. The molecule has 0 aliphatic rings. The van der Waals surface area contributed by atoms with Crippen LogP contribution < -0.4 is 10.0 Å². The van der Waals surface area contributed by atoms with E-state index in [1.807, 2.05) is 18.7 Å². The third kappa shape index (κ3) is 7.15. The van der Waals surface area contributed by atoms with Crippen LogP contribution in [0.15, 0.2) is 16.3 Å². The van der Waals surface area contributed by atoms with Gasteiger partial charge in [-0.1, -0.05) is 13.8 Å². The number of rotatable bonds is 11. The van der Waals surface area contributed by atoms with Gasteiger partial charge >= 0.3 is 0 Å². The standard InChI is InChI=1S/C14H26N2O2S3/c1-4-7-15-10-13-9-14(11-20-13)21(17,18)16-12(3)6-8-19-5-2/h9,11-12,15-16H,4-8,10H2,1-3H3. The molecule has 1 heterocycles. The fourth-order valence-electron chi connectivity index (χ4n) is 1.78. The molecule has 4 nitrogen and oxygen atoms in total. The molecule has 1 aromatic rings. The lowest BCUT2D eigenvalue weighted by molar-refractivity contribution is 0.557. The van der Waals surface area contributed by atoms with Crippen LogP contribution in [0.4, 0.5) is 0 Å². The highest BCUT2D eigenvalue weighted by Crippen LogP contribution is 2.19. The van der Waals surface area contributed by atoms with Crippen LogP contribution >= 0.6 is 23.1 Å². The Morgan fingerprint density at radius 2 is 2.14 bits per heavy atom. The van der Waals surface area contributed by atoms with Gasteiger partial charge in [0, 0.05) is 22.8 Å². The molecule has 7 heteroatoms. The van der Waals surface area contributed by atoms with E-state index in [0.717, 1.165) is 42.3 Å². The van der Waals surface area contributed by atoms with Crippen molar-refractivity contribution in [1.29, 1.82) is 0 Å². The Balaban J connectivity index is 2.53. The van der Waals surface area contributed by atoms with Gasteiger partial charge in [-0.05, 0) is 43.9 Å². The second-order valence-corrected chi connectivity index (χ2v) is 9.04. The molecule has 0 fully saturated rings. The van der Waals surface area contributed by atoms with Gasteiger partial charge < -0.3 is 5.32 Å². The van der Waals surface area contributed by atoms with Gasteiger partial charge in [-0.2, -0.15) is 11.8 Å². The van der Waals surface area contributed by atoms with Crippen molar-refractivity contribution in [3.05, 3.63) is 16.3 Å². The Bertz CT molecular complexity index is 500. The van der Waals surface area contributed by atoms with Crippen molar-refractivity contribution < 1.29 is 8.42 Å². The first-order valence-electron chi connectivity index (χ1n) is 7.37. The molecule has 1 atom stereocenters. The van der Waals surface area contributed by atoms with Crippen molar-refractivity contribution in [2.75, 3.05) is 18.1 Å². The largest absolute Gasteiger partial charge is 0.312 e. The van der Waals surface area contributed by atoms with Crippen molar-refractivity contribution >= 4 is 33.1 Å². The molecule has 0 aliphatic carbocycles. The smallest absolute Gasteiger partial charge is 0.241 e. The minimum absolute atomic E-state index is 0.0318. The molecule has 122 valence electrons. The van der Waals surface area contributed by atoms with E-state index in [4.69, 9.17) is 0 Å². The summed E-state index contributed by atoms with van der Waals surface area (Å²) in [7, 11) is -3.38. The summed E-state index contributed by atoms with van der Waals surface area (Å²) >= 11 is 3.32. The zero-order valence-corrected chi connectivity index (χ0v) is 15.5. The maximum Gasteiger partial charge on any atom is 0.241 e. The van der Waals surface area contributed by atoms with E-state index < -0.39 is 10.0 Å². The Labute approximate surface area is 137 Å². The molecule has 2 N–H and O–H groups in total. The predicted octanol–water partition coefficient (Wildman–Crippen LogP) is 3.06. The molecule has 0 bridgehead atoms. The van der Waals surface area contributed by atoms with Crippen molar-refractivity contribution in [2.45, 2.75) is 51.1 Å². The average Bonchev–Trinajstić information content (AvgIpc) is 2.88. The monoisotopic (exact) mass is 350 g/mol. The molecule has 1 aromatic heterocycles. The highest BCUT2D eigenvalue weighted by Gasteiger charge is 2.18. The zero-order chi connectivity index (χ0) is 15.7. The number of nitrogens with one attached hydrogen (secondary N) is 2. The summed E-state index contributed by atoms with van der Waals surface area (Å²) < 4.78 is 27.3. The van der Waals surface area contributed by atoms with Gasteiger partial charge in [-0.25, -0.2) is 13.1 Å². The third-order valence-corrected chi connectivity index (χ3v) is 6.51. The summed E-state index contributed by atoms with van der Waals surface area (Å²) in [5.41, 5.74) is 0. The number of thioether (sulfide) groups is 1. The Hall–Kier alpha value is -0.0800. The van der Waals surface area contributed by atoms with Crippen LogP contribution in [0.5, 0.6) is 0 Å². The van der Waals surface area contributed by atoms with Crippen LogP contribution in [-0.4, -0.2) is 32.5 Å². The molecular formula is C14H26N2O2S3. The van der Waals surface area contributed by atoms with Crippen molar-refractivity contribution in [1.82, 2.24) is 10.0 Å². The summed E-state index contributed by atoms with van der Waals surface area (Å²) in [4.78, 5) is 1.44. The predicted molar refractivity (Wildman–Crippen MR) is 93.7 cm³/mol. The molecule has 0 saturated heterocycles. The van der Waals surface area contributed by atoms with Gasteiger partial charge in [0.05, 0.1) is 4.90 Å². The van der Waals surface area contributed by atoms with E-state index in [-0.39, 0.29) is 6.04 Å². The maximum absolute atomic E-state index is 12.3. The number of hydrogen-bond donors (Lipinski definition) is 2. The molecule has 0 spiro atoms. The van der Waals surface area contributed by atoms with E-state index in [0.29, 0.717) is 4.90 Å². The molecule has 0 saturated carbocycles. The van der Waals surface area contributed by atoms with Gasteiger partial charge in [-0.15, -0.1) is 11.3 Å². The molecule has 0 aromatic carbocycles. The van der Waals surface area contributed by atoms with E-state index in [2.05, 4.69) is 23.9 Å².